The number of nitrogens with one attached hydrogen (secondary N) is 1. The molecule has 2 heterocycles. The lowest BCUT2D eigenvalue weighted by molar-refractivity contribution is 0.582. The summed E-state index contributed by atoms with van der Waals surface area (Å²) in [4.78, 5) is 8.48. The second-order valence-corrected chi connectivity index (χ2v) is 4.09. The predicted molar refractivity (Wildman–Crippen MR) is 68.7 cm³/mol. The highest BCUT2D eigenvalue weighted by Gasteiger charge is 2.11. The van der Waals surface area contributed by atoms with Gasteiger partial charge in [-0.1, -0.05) is 6.07 Å². The minimum absolute atomic E-state index is 0.284. The molecule has 0 aliphatic heterocycles. The first-order valence-corrected chi connectivity index (χ1v) is 5.79. The van der Waals surface area contributed by atoms with E-state index in [1.165, 1.54) is 11.1 Å². The van der Waals surface area contributed by atoms with Crippen molar-refractivity contribution in [3.8, 4) is 0 Å². The van der Waals surface area contributed by atoms with Gasteiger partial charge in [0.15, 0.2) is 0 Å². The van der Waals surface area contributed by atoms with E-state index < -0.39 is 0 Å². The molecular weight excluding hydrogens is 210 g/mol. The maximum absolute atomic E-state index is 4.44. The zero-order valence-corrected chi connectivity index (χ0v) is 10.2. The fourth-order valence-corrected chi connectivity index (χ4v) is 1.91. The lowest BCUT2D eigenvalue weighted by Gasteiger charge is -2.16. The van der Waals surface area contributed by atoms with Crippen LogP contribution in [0.4, 0.5) is 0 Å². The molecule has 0 aromatic carbocycles. The zero-order valence-electron chi connectivity index (χ0n) is 10.2. The van der Waals surface area contributed by atoms with Crippen LogP contribution in [-0.4, -0.2) is 17.0 Å². The highest BCUT2D eigenvalue weighted by atomic mass is 14.9. The van der Waals surface area contributed by atoms with Crippen LogP contribution < -0.4 is 5.32 Å². The molecular formula is C14H17N3. The van der Waals surface area contributed by atoms with Crippen molar-refractivity contribution in [1.82, 2.24) is 15.3 Å². The van der Waals surface area contributed by atoms with Gasteiger partial charge < -0.3 is 5.32 Å². The number of hydrogen-bond donors (Lipinski definition) is 1. The lowest BCUT2D eigenvalue weighted by Crippen LogP contribution is -2.19. The molecule has 2 aromatic rings. The number of rotatable bonds is 4. The number of hydrogen-bond acceptors (Lipinski definition) is 3. The third kappa shape index (κ3) is 2.88. The van der Waals surface area contributed by atoms with Gasteiger partial charge in [-0.25, -0.2) is 0 Å². The monoisotopic (exact) mass is 227 g/mol. The van der Waals surface area contributed by atoms with Gasteiger partial charge in [-0.2, -0.15) is 0 Å². The topological polar surface area (TPSA) is 37.8 Å². The van der Waals surface area contributed by atoms with E-state index in [2.05, 4.69) is 28.3 Å². The number of aryl methyl sites for hydroxylation is 1. The molecule has 1 atom stereocenters. The van der Waals surface area contributed by atoms with Crippen LogP contribution >= 0.6 is 0 Å². The zero-order chi connectivity index (χ0) is 12.1. The van der Waals surface area contributed by atoms with Gasteiger partial charge in [0.1, 0.15) is 0 Å². The van der Waals surface area contributed by atoms with E-state index >= 15 is 0 Å². The first kappa shape index (κ1) is 11.7. The van der Waals surface area contributed by atoms with Crippen LogP contribution in [0.15, 0.2) is 42.9 Å². The number of pyridine rings is 2. The van der Waals surface area contributed by atoms with Crippen LogP contribution in [0.25, 0.3) is 0 Å². The van der Waals surface area contributed by atoms with Gasteiger partial charge in [-0.3, -0.25) is 9.97 Å². The summed E-state index contributed by atoms with van der Waals surface area (Å²) in [5.74, 6) is 0. The smallest absolute Gasteiger partial charge is 0.0451 e. The van der Waals surface area contributed by atoms with Gasteiger partial charge in [0.25, 0.3) is 0 Å². The van der Waals surface area contributed by atoms with E-state index in [-0.39, 0.29) is 6.04 Å². The Labute approximate surface area is 102 Å². The molecule has 88 valence electrons. The molecule has 0 fully saturated rings. The fraction of sp³-hybridized carbons (Fsp3) is 0.286. The summed E-state index contributed by atoms with van der Waals surface area (Å²) in [6.45, 7) is 2.10. The minimum Gasteiger partial charge on any atom is -0.313 e. The average molecular weight is 227 g/mol. The van der Waals surface area contributed by atoms with Crippen LogP contribution in [-0.2, 0) is 6.42 Å². The summed E-state index contributed by atoms with van der Waals surface area (Å²) in [5, 5.41) is 3.33. The van der Waals surface area contributed by atoms with E-state index in [4.69, 9.17) is 0 Å². The highest BCUT2D eigenvalue weighted by Crippen LogP contribution is 2.17. The van der Waals surface area contributed by atoms with Crippen molar-refractivity contribution in [3.63, 3.8) is 0 Å². The van der Waals surface area contributed by atoms with E-state index in [0.717, 1.165) is 12.1 Å². The standard InChI is InChI=1S/C14H17N3/c1-11-4-3-7-17-13(11)10-14(15-2)12-5-8-16-9-6-12/h3-9,14-15H,10H2,1-2H3. The van der Waals surface area contributed by atoms with E-state index in [1.807, 2.05) is 43.8 Å². The Morgan fingerprint density at radius 3 is 2.59 bits per heavy atom. The molecule has 3 heteroatoms. The van der Waals surface area contributed by atoms with Crippen molar-refractivity contribution in [3.05, 3.63) is 59.7 Å². The van der Waals surface area contributed by atoms with Gasteiger partial charge in [0.05, 0.1) is 0 Å². The summed E-state index contributed by atoms with van der Waals surface area (Å²) >= 11 is 0. The molecule has 17 heavy (non-hydrogen) atoms. The maximum atomic E-state index is 4.44. The number of nitrogens with zero attached hydrogens (tertiary/aromatic N) is 2. The average Bonchev–Trinajstić information content (AvgIpc) is 2.39. The van der Waals surface area contributed by atoms with Gasteiger partial charge >= 0.3 is 0 Å². The molecule has 1 N–H and O–H groups in total. The van der Waals surface area contributed by atoms with Crippen LogP contribution in [0.1, 0.15) is 22.9 Å². The number of aromatic nitrogens is 2. The van der Waals surface area contributed by atoms with E-state index in [0.29, 0.717) is 0 Å². The maximum Gasteiger partial charge on any atom is 0.0451 e. The fourth-order valence-electron chi connectivity index (χ4n) is 1.91. The third-order valence-corrected chi connectivity index (χ3v) is 2.97. The van der Waals surface area contributed by atoms with Crippen molar-refractivity contribution in [1.29, 1.82) is 0 Å². The molecule has 0 spiro atoms. The first-order chi connectivity index (χ1) is 8.31. The van der Waals surface area contributed by atoms with Crippen molar-refractivity contribution in [2.24, 2.45) is 0 Å². The van der Waals surface area contributed by atoms with Gasteiger partial charge in [-0.15, -0.1) is 0 Å². The molecule has 0 saturated carbocycles. The Balaban J connectivity index is 2.19. The molecule has 0 amide bonds. The van der Waals surface area contributed by atoms with Gasteiger partial charge in [-0.05, 0) is 43.3 Å². The van der Waals surface area contributed by atoms with Crippen LogP contribution in [0.5, 0.6) is 0 Å². The van der Waals surface area contributed by atoms with E-state index in [9.17, 15) is 0 Å². The Morgan fingerprint density at radius 2 is 1.94 bits per heavy atom. The van der Waals surface area contributed by atoms with Crippen LogP contribution in [0, 0.1) is 6.92 Å². The molecule has 3 nitrogen and oxygen atoms in total. The summed E-state index contributed by atoms with van der Waals surface area (Å²) in [6, 6.07) is 8.44. The molecule has 0 saturated heterocycles. The largest absolute Gasteiger partial charge is 0.313 e. The molecule has 0 bridgehead atoms. The molecule has 2 aromatic heterocycles. The summed E-state index contributed by atoms with van der Waals surface area (Å²) < 4.78 is 0. The minimum atomic E-state index is 0.284. The van der Waals surface area contributed by atoms with Crippen LogP contribution in [0.3, 0.4) is 0 Å². The van der Waals surface area contributed by atoms with E-state index in [1.54, 1.807) is 0 Å². The summed E-state index contributed by atoms with van der Waals surface area (Å²) in [7, 11) is 1.98. The van der Waals surface area contributed by atoms with Gasteiger partial charge in [0, 0.05) is 36.7 Å². The third-order valence-electron chi connectivity index (χ3n) is 2.97. The molecule has 0 aliphatic carbocycles. The van der Waals surface area contributed by atoms with Crippen LogP contribution in [0.2, 0.25) is 0 Å². The SMILES string of the molecule is CNC(Cc1ncccc1C)c1ccncc1. The highest BCUT2D eigenvalue weighted by molar-refractivity contribution is 5.23. The normalized spacial score (nSPS) is 12.4. The van der Waals surface area contributed by atoms with Crippen molar-refractivity contribution < 1.29 is 0 Å². The first-order valence-electron chi connectivity index (χ1n) is 5.79. The Hall–Kier alpha value is -1.74. The molecule has 1 unspecified atom stereocenters. The molecule has 2 rings (SSSR count). The Bertz CT molecular complexity index is 468. The molecule has 0 radical (unpaired) electrons. The quantitative estimate of drug-likeness (QED) is 0.870. The predicted octanol–water partition coefficient (Wildman–Crippen LogP) is 2.29. The second-order valence-electron chi connectivity index (χ2n) is 4.09. The van der Waals surface area contributed by atoms with Gasteiger partial charge in [0.2, 0.25) is 0 Å². The summed E-state index contributed by atoms with van der Waals surface area (Å²) in [6.07, 6.45) is 6.39. The molecule has 0 aliphatic rings. The van der Waals surface area contributed by atoms with Crippen molar-refractivity contribution >= 4 is 0 Å². The number of likely N-dealkylation sites (N-methyl/N-ethyl adjacent to an activating group) is 1. The summed E-state index contributed by atoms with van der Waals surface area (Å²) in [5.41, 5.74) is 3.62. The van der Waals surface area contributed by atoms with Crippen molar-refractivity contribution in [2.45, 2.75) is 19.4 Å². The second kappa shape index (κ2) is 5.55. The Kier molecular flexibility index (Phi) is 3.83. The Morgan fingerprint density at radius 1 is 1.18 bits per heavy atom. The lowest BCUT2D eigenvalue weighted by atomic mass is 10.0. The van der Waals surface area contributed by atoms with Crippen molar-refractivity contribution in [2.75, 3.05) is 7.05 Å².